The summed E-state index contributed by atoms with van der Waals surface area (Å²) < 4.78 is 12.4. The number of unbranched alkanes of at least 4 members (excludes halogenated alkanes) is 1. The van der Waals surface area contributed by atoms with Crippen molar-refractivity contribution in [1.29, 1.82) is 0 Å². The predicted molar refractivity (Wildman–Crippen MR) is 132 cm³/mol. The largest absolute Gasteiger partial charge is 0.491 e. The van der Waals surface area contributed by atoms with Crippen LogP contribution in [0.5, 0.6) is 5.75 Å². The highest BCUT2D eigenvalue weighted by Crippen LogP contribution is 2.30. The van der Waals surface area contributed by atoms with Gasteiger partial charge in [0, 0.05) is 19.3 Å². The van der Waals surface area contributed by atoms with E-state index in [9.17, 15) is 9.59 Å². The summed E-state index contributed by atoms with van der Waals surface area (Å²) in [6.45, 7) is 6.41. The van der Waals surface area contributed by atoms with Gasteiger partial charge in [-0.15, -0.1) is 0 Å². The third-order valence-corrected chi connectivity index (χ3v) is 6.79. The molecule has 2 aromatic rings. The average Bonchev–Trinajstić information content (AvgIpc) is 2.88. The minimum atomic E-state index is -1.05. The first-order valence-corrected chi connectivity index (χ1v) is 12.8. The molecule has 35 heavy (non-hydrogen) atoms. The molecule has 2 aliphatic heterocycles. The molecule has 2 aliphatic rings. The predicted octanol–water partition coefficient (Wildman–Crippen LogP) is 3.43. The normalized spacial score (nSPS) is 21.6. The Kier molecular flexibility index (Phi) is 8.33. The van der Waals surface area contributed by atoms with Crippen LogP contribution >= 0.6 is 0 Å². The summed E-state index contributed by atoms with van der Waals surface area (Å²) in [7, 11) is 0. The number of carbonyl (C=O) groups is 2. The molecular formula is C27H36N4O4. The molecule has 0 aliphatic carbocycles. The monoisotopic (exact) mass is 480 g/mol. The van der Waals surface area contributed by atoms with Crippen LogP contribution in [0.25, 0.3) is 0 Å². The Balaban J connectivity index is 1.59. The molecule has 1 atom stereocenters. The van der Waals surface area contributed by atoms with Gasteiger partial charge in [0.25, 0.3) is 11.8 Å². The van der Waals surface area contributed by atoms with E-state index in [0.29, 0.717) is 50.8 Å². The number of para-hydroxylation sites is 1. The zero-order valence-corrected chi connectivity index (χ0v) is 20.9. The highest BCUT2D eigenvalue weighted by molar-refractivity contribution is 5.93. The van der Waals surface area contributed by atoms with Crippen LogP contribution in [0.15, 0.2) is 36.5 Å². The van der Waals surface area contributed by atoms with Gasteiger partial charge >= 0.3 is 0 Å². The van der Waals surface area contributed by atoms with Gasteiger partial charge in [-0.3, -0.25) is 9.59 Å². The number of fused-ring (bicyclic) bond motifs is 1. The van der Waals surface area contributed by atoms with Crippen LogP contribution in [0.3, 0.4) is 0 Å². The molecule has 2 amide bonds. The summed E-state index contributed by atoms with van der Waals surface area (Å²) in [4.78, 5) is 39.3. The summed E-state index contributed by atoms with van der Waals surface area (Å²) in [6.07, 6.45) is 6.66. The Morgan fingerprint density at radius 1 is 1.14 bits per heavy atom. The zero-order valence-electron chi connectivity index (χ0n) is 20.9. The number of morpholine rings is 1. The third kappa shape index (κ3) is 5.99. The lowest BCUT2D eigenvalue weighted by molar-refractivity contribution is -0.170. The van der Waals surface area contributed by atoms with E-state index in [-0.39, 0.29) is 18.4 Å². The van der Waals surface area contributed by atoms with Crippen molar-refractivity contribution in [2.24, 2.45) is 0 Å². The molecular weight excluding hydrogens is 444 g/mol. The summed E-state index contributed by atoms with van der Waals surface area (Å²) in [5.74, 6) is 1.22. The molecule has 8 nitrogen and oxygen atoms in total. The Hall–Kier alpha value is -3.00. The summed E-state index contributed by atoms with van der Waals surface area (Å²) in [6, 6.07) is 9.76. The molecule has 1 saturated heterocycles. The SMILES string of the molecule is CCCCN1CCOc2ccccc2CCCCC2(CN(C(=O)c3ccnc(C)n3)CCO2)C1=O. The molecule has 0 radical (unpaired) electrons. The van der Waals surface area contributed by atoms with Crippen molar-refractivity contribution in [3.8, 4) is 5.75 Å². The van der Waals surface area contributed by atoms with Crippen LogP contribution in [-0.2, 0) is 16.0 Å². The minimum Gasteiger partial charge on any atom is -0.491 e. The number of benzene rings is 1. The van der Waals surface area contributed by atoms with Gasteiger partial charge in [-0.05, 0) is 56.7 Å². The first-order chi connectivity index (χ1) is 17.0. The number of amides is 2. The van der Waals surface area contributed by atoms with Crippen LogP contribution in [-0.4, -0.2) is 76.6 Å². The van der Waals surface area contributed by atoms with E-state index in [2.05, 4.69) is 23.0 Å². The standard InChI is InChI=1S/C27H36N4O4/c1-3-4-15-30-16-18-34-24-11-6-5-9-22(24)10-7-8-13-27(26(30)33)20-31(17-19-35-27)25(32)23-12-14-28-21(2)29-23/h5-6,9,11-12,14H,3-4,7-8,10,13,15-20H2,1-2H3. The maximum atomic E-state index is 14.0. The van der Waals surface area contributed by atoms with Gasteiger partial charge in [-0.25, -0.2) is 9.97 Å². The van der Waals surface area contributed by atoms with Crippen LogP contribution < -0.4 is 4.74 Å². The number of hydrogen-bond acceptors (Lipinski definition) is 6. The van der Waals surface area contributed by atoms with Crippen molar-refractivity contribution in [3.05, 3.63) is 53.6 Å². The lowest BCUT2D eigenvalue weighted by Gasteiger charge is -2.44. The van der Waals surface area contributed by atoms with E-state index in [4.69, 9.17) is 9.47 Å². The quantitative estimate of drug-likeness (QED) is 0.667. The molecule has 1 aromatic heterocycles. The zero-order chi connectivity index (χ0) is 24.7. The second kappa shape index (κ2) is 11.6. The molecule has 3 heterocycles. The fourth-order valence-electron chi connectivity index (χ4n) is 4.88. The van der Waals surface area contributed by atoms with E-state index in [1.54, 1.807) is 24.1 Å². The number of rotatable bonds is 4. The van der Waals surface area contributed by atoms with Gasteiger partial charge < -0.3 is 19.3 Å². The van der Waals surface area contributed by atoms with E-state index < -0.39 is 5.60 Å². The van der Waals surface area contributed by atoms with Crippen molar-refractivity contribution in [2.75, 3.05) is 39.4 Å². The smallest absolute Gasteiger partial charge is 0.272 e. The molecule has 1 aromatic carbocycles. The van der Waals surface area contributed by atoms with Gasteiger partial charge in [0.1, 0.15) is 23.9 Å². The maximum Gasteiger partial charge on any atom is 0.272 e. The van der Waals surface area contributed by atoms with Crippen molar-refractivity contribution in [3.63, 3.8) is 0 Å². The van der Waals surface area contributed by atoms with Gasteiger partial charge in [0.05, 0.1) is 19.7 Å². The Morgan fingerprint density at radius 3 is 2.83 bits per heavy atom. The van der Waals surface area contributed by atoms with Crippen LogP contribution in [0.1, 0.15) is 60.9 Å². The fraction of sp³-hybridized carbons (Fsp3) is 0.556. The lowest BCUT2D eigenvalue weighted by Crippen LogP contribution is -2.62. The van der Waals surface area contributed by atoms with Crippen molar-refractivity contribution >= 4 is 11.8 Å². The van der Waals surface area contributed by atoms with Crippen LogP contribution in [0, 0.1) is 6.92 Å². The molecule has 0 bridgehead atoms. The van der Waals surface area contributed by atoms with Crippen LogP contribution in [0.2, 0.25) is 0 Å². The second-order valence-electron chi connectivity index (χ2n) is 9.37. The molecule has 8 heteroatoms. The Bertz CT molecular complexity index is 1030. The molecule has 1 unspecified atom stereocenters. The number of aromatic nitrogens is 2. The van der Waals surface area contributed by atoms with E-state index in [1.807, 2.05) is 23.1 Å². The second-order valence-corrected chi connectivity index (χ2v) is 9.37. The molecule has 0 saturated carbocycles. The van der Waals surface area contributed by atoms with Gasteiger partial charge in [-0.2, -0.15) is 0 Å². The van der Waals surface area contributed by atoms with Crippen molar-refractivity contribution in [2.45, 2.75) is 58.0 Å². The molecule has 188 valence electrons. The fourth-order valence-corrected chi connectivity index (χ4v) is 4.88. The van der Waals surface area contributed by atoms with E-state index >= 15 is 0 Å². The molecule has 4 rings (SSSR count). The number of aryl methyl sites for hydroxylation is 2. The molecule has 1 fully saturated rings. The van der Waals surface area contributed by atoms with Gasteiger partial charge in [-0.1, -0.05) is 31.5 Å². The minimum absolute atomic E-state index is 0.0419. The number of ether oxygens (including phenoxy) is 2. The topological polar surface area (TPSA) is 84.9 Å². The number of carbonyl (C=O) groups excluding carboxylic acids is 2. The van der Waals surface area contributed by atoms with E-state index in [0.717, 1.165) is 37.9 Å². The third-order valence-electron chi connectivity index (χ3n) is 6.79. The average molecular weight is 481 g/mol. The number of nitrogens with zero attached hydrogens (tertiary/aromatic N) is 4. The van der Waals surface area contributed by atoms with Gasteiger partial charge in [0.2, 0.25) is 0 Å². The van der Waals surface area contributed by atoms with Crippen molar-refractivity contribution in [1.82, 2.24) is 19.8 Å². The summed E-state index contributed by atoms with van der Waals surface area (Å²) >= 11 is 0. The highest BCUT2D eigenvalue weighted by Gasteiger charge is 2.46. The first kappa shape index (κ1) is 25.1. The summed E-state index contributed by atoms with van der Waals surface area (Å²) in [5, 5.41) is 0. The summed E-state index contributed by atoms with van der Waals surface area (Å²) in [5.41, 5.74) is 0.486. The van der Waals surface area contributed by atoms with Crippen molar-refractivity contribution < 1.29 is 19.1 Å². The highest BCUT2D eigenvalue weighted by atomic mass is 16.5. The number of hydrogen-bond donors (Lipinski definition) is 0. The van der Waals surface area contributed by atoms with E-state index in [1.165, 1.54) is 5.56 Å². The maximum absolute atomic E-state index is 14.0. The molecule has 1 spiro atoms. The Labute approximate surface area is 207 Å². The molecule has 0 N–H and O–H groups in total. The van der Waals surface area contributed by atoms with Crippen LogP contribution in [0.4, 0.5) is 0 Å². The first-order valence-electron chi connectivity index (χ1n) is 12.8. The lowest BCUT2D eigenvalue weighted by atomic mass is 9.90. The van der Waals surface area contributed by atoms with Gasteiger partial charge in [0.15, 0.2) is 5.60 Å². The Morgan fingerprint density at radius 2 is 2.00 bits per heavy atom.